The van der Waals surface area contributed by atoms with Crippen LogP contribution in [-0.4, -0.2) is 23.7 Å². The maximum absolute atomic E-state index is 12.9. The van der Waals surface area contributed by atoms with Crippen molar-refractivity contribution in [3.8, 4) is 11.5 Å². The maximum atomic E-state index is 12.9. The van der Waals surface area contributed by atoms with Crippen LogP contribution in [0.15, 0.2) is 65.8 Å². The van der Waals surface area contributed by atoms with Crippen molar-refractivity contribution in [2.24, 2.45) is 5.10 Å². The summed E-state index contributed by atoms with van der Waals surface area (Å²) in [5.41, 5.74) is 2.07. The quantitative estimate of drug-likeness (QED) is 0.211. The minimum atomic E-state index is -4.58. The lowest BCUT2D eigenvalue weighted by atomic mass is 10.1. The van der Waals surface area contributed by atoms with E-state index < -0.39 is 22.6 Å². The van der Waals surface area contributed by atoms with Gasteiger partial charge in [-0.3, -0.25) is 14.9 Å². The van der Waals surface area contributed by atoms with Crippen LogP contribution in [0.5, 0.6) is 11.5 Å². The summed E-state index contributed by atoms with van der Waals surface area (Å²) in [6.07, 6.45) is -3.33. The van der Waals surface area contributed by atoms with Crippen LogP contribution in [0.25, 0.3) is 0 Å². The molecule has 0 aromatic heterocycles. The van der Waals surface area contributed by atoms with Gasteiger partial charge in [0.1, 0.15) is 6.61 Å². The van der Waals surface area contributed by atoms with E-state index in [1.165, 1.54) is 30.5 Å². The van der Waals surface area contributed by atoms with Crippen LogP contribution >= 0.6 is 11.6 Å². The zero-order valence-electron chi connectivity index (χ0n) is 18.7. The Kier molecular flexibility index (Phi) is 8.49. The second kappa shape index (κ2) is 11.5. The lowest BCUT2D eigenvalue weighted by Gasteiger charge is -2.14. The third kappa shape index (κ3) is 6.95. The smallest absolute Gasteiger partial charge is 0.416 e. The van der Waals surface area contributed by atoms with E-state index in [-0.39, 0.29) is 41.0 Å². The van der Waals surface area contributed by atoms with E-state index in [9.17, 15) is 28.1 Å². The second-order valence-electron chi connectivity index (χ2n) is 7.25. The molecule has 12 heteroatoms. The second-order valence-corrected chi connectivity index (χ2v) is 7.66. The molecule has 1 N–H and O–H groups in total. The van der Waals surface area contributed by atoms with E-state index >= 15 is 0 Å². The molecule has 0 aliphatic rings. The lowest BCUT2D eigenvalue weighted by Crippen LogP contribution is -2.18. The van der Waals surface area contributed by atoms with E-state index in [0.29, 0.717) is 11.1 Å². The molecule has 0 unspecified atom stereocenters. The Morgan fingerprint density at radius 3 is 2.50 bits per heavy atom. The number of amides is 1. The minimum absolute atomic E-state index is 0.0458. The molecule has 3 aromatic carbocycles. The van der Waals surface area contributed by atoms with Gasteiger partial charge in [0, 0.05) is 17.7 Å². The fourth-order valence-electron chi connectivity index (χ4n) is 3.00. The summed E-state index contributed by atoms with van der Waals surface area (Å²) in [6.45, 7) is 2.11. The molecule has 8 nitrogen and oxygen atoms in total. The predicted molar refractivity (Wildman–Crippen MR) is 127 cm³/mol. The van der Waals surface area contributed by atoms with Gasteiger partial charge in [0.25, 0.3) is 11.6 Å². The first-order valence-corrected chi connectivity index (χ1v) is 10.8. The van der Waals surface area contributed by atoms with Crippen LogP contribution in [-0.2, 0) is 12.8 Å². The van der Waals surface area contributed by atoms with E-state index in [2.05, 4.69) is 10.5 Å². The first-order valence-electron chi connectivity index (χ1n) is 10.4. The SMILES string of the molecule is CCOc1cc(/C=N\NC(=O)c2cccc(C(F)(F)F)c2)cc(Cl)c1OCc1ccc([N+](=O)[O-])cc1. The number of nitro benzene ring substituents is 1. The van der Waals surface area contributed by atoms with Crippen LogP contribution in [0.4, 0.5) is 18.9 Å². The minimum Gasteiger partial charge on any atom is -0.490 e. The maximum Gasteiger partial charge on any atom is 0.416 e. The van der Waals surface area contributed by atoms with Gasteiger partial charge >= 0.3 is 6.18 Å². The van der Waals surface area contributed by atoms with Gasteiger partial charge in [-0.1, -0.05) is 17.7 Å². The highest BCUT2D eigenvalue weighted by Crippen LogP contribution is 2.37. The van der Waals surface area contributed by atoms with Crippen LogP contribution in [0.1, 0.15) is 34.0 Å². The number of non-ortho nitro benzene ring substituents is 1. The number of hydrogen-bond acceptors (Lipinski definition) is 6. The Labute approximate surface area is 208 Å². The molecule has 0 aliphatic carbocycles. The molecule has 0 saturated heterocycles. The van der Waals surface area contributed by atoms with E-state index in [4.69, 9.17) is 21.1 Å². The van der Waals surface area contributed by atoms with Gasteiger partial charge in [0.15, 0.2) is 11.5 Å². The number of nitrogens with zero attached hydrogens (tertiary/aromatic N) is 2. The Balaban J connectivity index is 1.71. The highest BCUT2D eigenvalue weighted by Gasteiger charge is 2.30. The Morgan fingerprint density at radius 1 is 1.14 bits per heavy atom. The van der Waals surface area contributed by atoms with Gasteiger partial charge in [-0.15, -0.1) is 0 Å². The third-order valence-electron chi connectivity index (χ3n) is 4.69. The van der Waals surface area contributed by atoms with Crippen LogP contribution in [0.3, 0.4) is 0 Å². The van der Waals surface area contributed by atoms with Gasteiger partial charge < -0.3 is 9.47 Å². The molecular weight excluding hydrogens is 503 g/mol. The van der Waals surface area contributed by atoms with Gasteiger partial charge in [-0.05, 0) is 60.5 Å². The highest BCUT2D eigenvalue weighted by atomic mass is 35.5. The summed E-state index contributed by atoms with van der Waals surface area (Å²) in [4.78, 5) is 22.5. The Bertz CT molecular complexity index is 1280. The number of carbonyl (C=O) groups excluding carboxylic acids is 1. The molecular formula is C24H19ClF3N3O5. The topological polar surface area (TPSA) is 103 Å². The average molecular weight is 522 g/mol. The summed E-state index contributed by atoms with van der Waals surface area (Å²) in [5, 5.41) is 14.7. The van der Waals surface area contributed by atoms with Crippen LogP contribution in [0, 0.1) is 10.1 Å². The average Bonchev–Trinajstić information content (AvgIpc) is 2.83. The number of alkyl halides is 3. The van der Waals surface area contributed by atoms with Crippen LogP contribution < -0.4 is 14.9 Å². The predicted octanol–water partition coefficient (Wildman–Crippen LogP) is 6.01. The van der Waals surface area contributed by atoms with Gasteiger partial charge in [-0.2, -0.15) is 18.3 Å². The number of nitrogens with one attached hydrogen (secondary N) is 1. The van der Waals surface area contributed by atoms with Crippen molar-refractivity contribution >= 4 is 29.4 Å². The number of hydrogen-bond donors (Lipinski definition) is 1. The fraction of sp³-hybridized carbons (Fsp3) is 0.167. The van der Waals surface area contributed by atoms with E-state index in [0.717, 1.165) is 18.2 Å². The molecule has 0 heterocycles. The molecule has 0 bridgehead atoms. The van der Waals surface area contributed by atoms with E-state index in [1.54, 1.807) is 25.1 Å². The van der Waals surface area contributed by atoms with Gasteiger partial charge in [0.2, 0.25) is 0 Å². The molecule has 0 saturated carbocycles. The first kappa shape index (κ1) is 26.5. The largest absolute Gasteiger partial charge is 0.490 e. The third-order valence-corrected chi connectivity index (χ3v) is 4.97. The van der Waals surface area contributed by atoms with Crippen molar-refractivity contribution in [1.29, 1.82) is 0 Å². The molecule has 36 heavy (non-hydrogen) atoms. The summed E-state index contributed by atoms with van der Waals surface area (Å²) < 4.78 is 49.9. The first-order chi connectivity index (χ1) is 17.1. The van der Waals surface area contributed by atoms with Crippen molar-refractivity contribution in [2.75, 3.05) is 6.61 Å². The Morgan fingerprint density at radius 2 is 1.86 bits per heavy atom. The van der Waals surface area contributed by atoms with E-state index in [1.807, 2.05) is 0 Å². The van der Waals surface area contributed by atoms with Crippen LogP contribution in [0.2, 0.25) is 5.02 Å². The molecule has 0 radical (unpaired) electrons. The molecule has 0 aliphatic heterocycles. The number of halogens is 4. The number of nitro groups is 1. The van der Waals surface area contributed by atoms with Crippen molar-refractivity contribution in [1.82, 2.24) is 5.43 Å². The molecule has 3 rings (SSSR count). The molecule has 0 atom stereocenters. The molecule has 0 spiro atoms. The number of benzene rings is 3. The Hall–Kier alpha value is -4.12. The zero-order chi connectivity index (χ0) is 26.3. The lowest BCUT2D eigenvalue weighted by molar-refractivity contribution is -0.384. The van der Waals surface area contributed by atoms with Gasteiger partial charge in [0.05, 0.1) is 28.3 Å². The number of hydrazone groups is 1. The number of carbonyl (C=O) groups is 1. The summed E-state index contributed by atoms with van der Waals surface area (Å²) in [6, 6.07) is 12.8. The normalized spacial score (nSPS) is 11.4. The summed E-state index contributed by atoms with van der Waals surface area (Å²) in [7, 11) is 0. The monoisotopic (exact) mass is 521 g/mol. The van der Waals surface area contributed by atoms with Crippen molar-refractivity contribution in [2.45, 2.75) is 19.7 Å². The van der Waals surface area contributed by atoms with Crippen molar-refractivity contribution in [3.05, 3.63) is 98.1 Å². The highest BCUT2D eigenvalue weighted by molar-refractivity contribution is 6.32. The van der Waals surface area contributed by atoms with Crippen molar-refractivity contribution < 1.29 is 32.4 Å². The van der Waals surface area contributed by atoms with Gasteiger partial charge in [-0.25, -0.2) is 5.43 Å². The van der Waals surface area contributed by atoms with Crippen molar-refractivity contribution in [3.63, 3.8) is 0 Å². The molecule has 3 aromatic rings. The number of ether oxygens (including phenoxy) is 2. The zero-order valence-corrected chi connectivity index (χ0v) is 19.5. The fourth-order valence-corrected chi connectivity index (χ4v) is 3.28. The molecule has 1 amide bonds. The standard InChI is InChI=1S/C24H19ClF3N3O5/c1-2-35-21-11-16(13-29-30-23(32)17-4-3-5-18(12-17)24(26,27)28)10-20(25)22(21)36-14-15-6-8-19(9-7-15)31(33)34/h3-13H,2,14H2,1H3,(H,30,32)/b29-13-. The molecule has 188 valence electrons. The summed E-state index contributed by atoms with van der Waals surface area (Å²) in [5.74, 6) is -0.295. The summed E-state index contributed by atoms with van der Waals surface area (Å²) >= 11 is 6.35. The molecule has 0 fully saturated rings. The number of rotatable bonds is 9.